The fraction of sp³-hybridized carbons (Fsp3) is 0.480. The van der Waals surface area contributed by atoms with Crippen molar-refractivity contribution in [3.63, 3.8) is 0 Å². The van der Waals surface area contributed by atoms with E-state index in [0.717, 1.165) is 56.9 Å². The molecule has 2 amide bonds. The fourth-order valence-electron chi connectivity index (χ4n) is 4.45. The van der Waals surface area contributed by atoms with E-state index in [0.29, 0.717) is 23.6 Å². The van der Waals surface area contributed by atoms with Crippen LogP contribution in [0.15, 0.2) is 36.4 Å². The number of fused-ring (bicyclic) bond motifs is 1. The second-order valence-corrected chi connectivity index (χ2v) is 8.86. The van der Waals surface area contributed by atoms with Crippen LogP contribution in [0.3, 0.4) is 0 Å². The third kappa shape index (κ3) is 6.17. The van der Waals surface area contributed by atoms with Gasteiger partial charge in [-0.2, -0.15) is 13.2 Å². The molecular weight excluding hydrogens is 466 g/mol. The van der Waals surface area contributed by atoms with E-state index >= 15 is 0 Å². The molecule has 10 heteroatoms. The van der Waals surface area contributed by atoms with Crippen LogP contribution < -0.4 is 14.8 Å². The number of urea groups is 1. The van der Waals surface area contributed by atoms with Gasteiger partial charge in [-0.05, 0) is 61.7 Å². The standard InChI is InChI=1S/C25H29F4N3O3/c1-2-3-10-31-11-8-19(9-12-31)32(15-17-4-7-22-23(13-17)35-16-34-22)24(33)30-18-5-6-21(26)20(14-18)25(27,28)29/h4-7,13-14,19H,2-3,8-12,15-16H2,1H3,(H,30,33). The maximum atomic E-state index is 13.7. The highest BCUT2D eigenvalue weighted by Crippen LogP contribution is 2.35. The van der Waals surface area contributed by atoms with Crippen LogP contribution in [0.5, 0.6) is 11.5 Å². The van der Waals surface area contributed by atoms with E-state index in [4.69, 9.17) is 9.47 Å². The lowest BCUT2D eigenvalue weighted by atomic mass is 10.0. The summed E-state index contributed by atoms with van der Waals surface area (Å²) in [5.41, 5.74) is -0.713. The molecule has 0 saturated carbocycles. The lowest BCUT2D eigenvalue weighted by Gasteiger charge is -2.38. The van der Waals surface area contributed by atoms with Crippen LogP contribution in [-0.2, 0) is 12.7 Å². The van der Waals surface area contributed by atoms with Gasteiger partial charge in [0.1, 0.15) is 5.82 Å². The topological polar surface area (TPSA) is 54.0 Å². The Kier molecular flexibility index (Phi) is 7.69. The number of carbonyl (C=O) groups excluding carboxylic acids is 1. The van der Waals surface area contributed by atoms with Crippen LogP contribution in [0.1, 0.15) is 43.7 Å². The molecule has 0 spiro atoms. The minimum absolute atomic E-state index is 0.0964. The smallest absolute Gasteiger partial charge is 0.419 e. The Bertz CT molecular complexity index is 1040. The third-order valence-electron chi connectivity index (χ3n) is 6.40. The summed E-state index contributed by atoms with van der Waals surface area (Å²) in [6.07, 6.45) is -1.14. The summed E-state index contributed by atoms with van der Waals surface area (Å²) in [6.45, 7) is 5.20. The predicted octanol–water partition coefficient (Wildman–Crippen LogP) is 5.87. The van der Waals surface area contributed by atoms with Crippen molar-refractivity contribution in [2.24, 2.45) is 0 Å². The molecule has 2 aromatic carbocycles. The summed E-state index contributed by atoms with van der Waals surface area (Å²) >= 11 is 0. The second kappa shape index (κ2) is 10.7. The van der Waals surface area contributed by atoms with Gasteiger partial charge in [0.05, 0.1) is 5.56 Å². The molecule has 0 aliphatic carbocycles. The minimum atomic E-state index is -4.86. The average molecular weight is 496 g/mol. The van der Waals surface area contributed by atoms with Crippen LogP contribution in [0.2, 0.25) is 0 Å². The highest BCUT2D eigenvalue weighted by Gasteiger charge is 2.35. The van der Waals surface area contributed by atoms with Gasteiger partial charge in [-0.15, -0.1) is 0 Å². The Labute approximate surface area is 201 Å². The molecule has 1 fully saturated rings. The summed E-state index contributed by atoms with van der Waals surface area (Å²) in [6, 6.07) is 7.26. The Morgan fingerprint density at radius 2 is 1.86 bits per heavy atom. The maximum absolute atomic E-state index is 13.7. The Morgan fingerprint density at radius 3 is 2.57 bits per heavy atom. The maximum Gasteiger partial charge on any atom is 0.419 e. The zero-order valence-corrected chi connectivity index (χ0v) is 19.5. The predicted molar refractivity (Wildman–Crippen MR) is 123 cm³/mol. The Morgan fingerprint density at radius 1 is 1.11 bits per heavy atom. The summed E-state index contributed by atoms with van der Waals surface area (Å²) in [5.74, 6) is -0.169. The molecule has 0 unspecified atom stereocenters. The molecule has 1 N–H and O–H groups in total. The molecule has 2 aliphatic heterocycles. The number of anilines is 1. The number of halogens is 4. The molecule has 190 valence electrons. The quantitative estimate of drug-likeness (QED) is 0.488. The Hall–Kier alpha value is -3.01. The molecule has 4 rings (SSSR count). The monoisotopic (exact) mass is 495 g/mol. The van der Waals surface area contributed by atoms with Gasteiger partial charge in [-0.3, -0.25) is 0 Å². The number of rotatable bonds is 7. The lowest BCUT2D eigenvalue weighted by Crippen LogP contribution is -2.48. The van der Waals surface area contributed by atoms with Crippen molar-refractivity contribution in [2.75, 3.05) is 31.7 Å². The molecule has 0 radical (unpaired) electrons. The van der Waals surface area contributed by atoms with Gasteiger partial charge in [0.15, 0.2) is 11.5 Å². The summed E-state index contributed by atoms with van der Waals surface area (Å²) in [7, 11) is 0. The highest BCUT2D eigenvalue weighted by atomic mass is 19.4. The first-order valence-corrected chi connectivity index (χ1v) is 11.8. The fourth-order valence-corrected chi connectivity index (χ4v) is 4.45. The number of carbonyl (C=O) groups is 1. The zero-order chi connectivity index (χ0) is 25.0. The number of nitrogens with one attached hydrogen (secondary N) is 1. The third-order valence-corrected chi connectivity index (χ3v) is 6.40. The van der Waals surface area contributed by atoms with Crippen molar-refractivity contribution in [1.82, 2.24) is 9.80 Å². The van der Waals surface area contributed by atoms with E-state index in [1.165, 1.54) is 0 Å². The molecule has 0 bridgehead atoms. The summed E-state index contributed by atoms with van der Waals surface area (Å²) < 4.78 is 63.9. The van der Waals surface area contributed by atoms with E-state index in [9.17, 15) is 22.4 Å². The largest absolute Gasteiger partial charge is 0.454 e. The van der Waals surface area contributed by atoms with Gasteiger partial charge in [0.2, 0.25) is 6.79 Å². The van der Waals surface area contributed by atoms with Crippen molar-refractivity contribution in [2.45, 2.75) is 51.4 Å². The summed E-state index contributed by atoms with van der Waals surface area (Å²) in [4.78, 5) is 17.3. The molecule has 1 saturated heterocycles. The van der Waals surface area contributed by atoms with Crippen molar-refractivity contribution in [3.8, 4) is 11.5 Å². The van der Waals surface area contributed by atoms with E-state index < -0.39 is 23.6 Å². The van der Waals surface area contributed by atoms with Crippen LogP contribution >= 0.6 is 0 Å². The van der Waals surface area contributed by atoms with Gasteiger partial charge < -0.3 is 24.6 Å². The van der Waals surface area contributed by atoms with E-state index in [2.05, 4.69) is 17.1 Å². The number of alkyl halides is 3. The number of benzene rings is 2. The average Bonchev–Trinajstić information content (AvgIpc) is 3.30. The molecule has 2 aromatic rings. The molecule has 0 aromatic heterocycles. The zero-order valence-electron chi connectivity index (χ0n) is 19.5. The van der Waals surface area contributed by atoms with Gasteiger partial charge in [-0.1, -0.05) is 19.4 Å². The first-order valence-electron chi connectivity index (χ1n) is 11.8. The van der Waals surface area contributed by atoms with Crippen LogP contribution in [0, 0.1) is 5.82 Å². The SMILES string of the molecule is CCCCN1CCC(N(Cc2ccc3c(c2)OCO3)C(=O)Nc2ccc(F)c(C(F)(F)F)c2)CC1. The van der Waals surface area contributed by atoms with Crippen molar-refractivity contribution in [1.29, 1.82) is 0 Å². The second-order valence-electron chi connectivity index (χ2n) is 8.86. The highest BCUT2D eigenvalue weighted by molar-refractivity contribution is 5.89. The Balaban J connectivity index is 1.52. The van der Waals surface area contributed by atoms with E-state index in [1.807, 2.05) is 6.07 Å². The lowest BCUT2D eigenvalue weighted by molar-refractivity contribution is -0.139. The number of amides is 2. The molecule has 35 heavy (non-hydrogen) atoms. The van der Waals surface area contributed by atoms with E-state index in [1.54, 1.807) is 17.0 Å². The minimum Gasteiger partial charge on any atom is -0.454 e. The molecule has 2 aliphatic rings. The molecule has 2 heterocycles. The number of unbranched alkanes of at least 4 members (excludes halogenated alkanes) is 1. The first kappa shape index (κ1) is 25.1. The normalized spacial score (nSPS) is 16.4. The first-order chi connectivity index (χ1) is 16.7. The number of piperidine rings is 1. The van der Waals surface area contributed by atoms with Crippen LogP contribution in [0.25, 0.3) is 0 Å². The van der Waals surface area contributed by atoms with Gasteiger partial charge in [-0.25, -0.2) is 9.18 Å². The number of nitrogens with zero attached hydrogens (tertiary/aromatic N) is 2. The number of hydrogen-bond acceptors (Lipinski definition) is 4. The molecule has 6 nitrogen and oxygen atoms in total. The van der Waals surface area contributed by atoms with Crippen LogP contribution in [-0.4, -0.2) is 48.3 Å². The van der Waals surface area contributed by atoms with Crippen molar-refractivity contribution in [3.05, 3.63) is 53.3 Å². The van der Waals surface area contributed by atoms with Crippen LogP contribution in [0.4, 0.5) is 28.0 Å². The molecular formula is C25H29F4N3O3. The summed E-state index contributed by atoms with van der Waals surface area (Å²) in [5, 5.41) is 2.55. The number of hydrogen-bond donors (Lipinski definition) is 1. The van der Waals surface area contributed by atoms with Gasteiger partial charge >= 0.3 is 12.2 Å². The van der Waals surface area contributed by atoms with Crippen molar-refractivity contribution < 1.29 is 31.8 Å². The van der Waals surface area contributed by atoms with Gasteiger partial charge in [0, 0.05) is 31.4 Å². The number of ether oxygens (including phenoxy) is 2. The number of likely N-dealkylation sites (tertiary alicyclic amines) is 1. The van der Waals surface area contributed by atoms with Crippen molar-refractivity contribution >= 4 is 11.7 Å². The molecule has 0 atom stereocenters. The van der Waals surface area contributed by atoms with Gasteiger partial charge in [0.25, 0.3) is 0 Å². The van der Waals surface area contributed by atoms with E-state index in [-0.39, 0.29) is 25.1 Å².